The summed E-state index contributed by atoms with van der Waals surface area (Å²) in [6, 6.07) is 2.84. The van der Waals surface area contributed by atoms with Crippen LogP contribution in [0.1, 0.15) is 44.2 Å². The molecule has 15 heteroatoms. The number of nitrogens with zero attached hydrogens (tertiary/aromatic N) is 7. The standard InChI is InChI=1S/C16H16FN5O2.C12H7ClFN3O2/c17-11-5-10-13-12(19-7-24-13)16(23)22(9-1-2-9)14(10)20-15(11)21-4-3-8(18)6-21;13-10-7(14)3-6-9-8(15-4-19-9)12(18)17(5-1-2-5)11(6)16-10/h5,7-9H,1-4,6,18H2;3-5H,1-2H2. The fourth-order valence-corrected chi connectivity index (χ4v) is 5.91. The van der Waals surface area contributed by atoms with Gasteiger partial charge in [-0.15, -0.1) is 0 Å². The molecular formula is C28H23ClF2N8O4. The van der Waals surface area contributed by atoms with Gasteiger partial charge in [0.25, 0.3) is 11.1 Å². The highest BCUT2D eigenvalue weighted by Gasteiger charge is 2.32. The maximum Gasteiger partial charge on any atom is 0.282 e. The number of pyridine rings is 4. The number of halogens is 3. The van der Waals surface area contributed by atoms with Crippen molar-refractivity contribution in [1.82, 2.24) is 29.1 Å². The molecule has 1 atom stereocenters. The number of hydrogen-bond donors (Lipinski definition) is 1. The second-order valence-corrected chi connectivity index (χ2v) is 11.5. The molecule has 2 saturated carbocycles. The first-order valence-corrected chi connectivity index (χ1v) is 14.3. The predicted molar refractivity (Wildman–Crippen MR) is 153 cm³/mol. The molecule has 0 radical (unpaired) electrons. The van der Waals surface area contributed by atoms with Crippen LogP contribution < -0.4 is 21.8 Å². The highest BCUT2D eigenvalue weighted by atomic mass is 35.5. The van der Waals surface area contributed by atoms with Crippen molar-refractivity contribution in [3.63, 3.8) is 0 Å². The average Bonchev–Trinajstić information content (AvgIpc) is 3.83. The lowest BCUT2D eigenvalue weighted by atomic mass is 10.2. The van der Waals surface area contributed by atoms with Crippen LogP contribution in [0.3, 0.4) is 0 Å². The van der Waals surface area contributed by atoms with E-state index in [2.05, 4.69) is 19.9 Å². The molecule has 7 heterocycles. The minimum absolute atomic E-state index is 0.0178. The Bertz CT molecular complexity index is 2220. The maximum atomic E-state index is 14.7. The van der Waals surface area contributed by atoms with Crippen molar-refractivity contribution in [2.45, 2.75) is 50.2 Å². The molecule has 0 aromatic carbocycles. The molecule has 6 aromatic rings. The molecule has 220 valence electrons. The first-order chi connectivity index (χ1) is 20.8. The molecule has 2 aliphatic carbocycles. The highest BCUT2D eigenvalue weighted by Crippen LogP contribution is 2.39. The number of oxazole rings is 2. The fourth-order valence-electron chi connectivity index (χ4n) is 5.77. The third kappa shape index (κ3) is 4.19. The Hall–Kier alpha value is -4.43. The first kappa shape index (κ1) is 26.2. The molecule has 3 aliphatic rings. The van der Waals surface area contributed by atoms with Crippen molar-refractivity contribution in [2.24, 2.45) is 5.73 Å². The zero-order valence-corrected chi connectivity index (χ0v) is 23.2. The van der Waals surface area contributed by atoms with Crippen molar-refractivity contribution < 1.29 is 17.6 Å². The van der Waals surface area contributed by atoms with Crippen LogP contribution in [-0.2, 0) is 0 Å². The second kappa shape index (κ2) is 9.54. The largest absolute Gasteiger partial charge is 0.442 e. The molecule has 1 unspecified atom stereocenters. The van der Waals surface area contributed by atoms with Gasteiger partial charge < -0.3 is 19.5 Å². The van der Waals surface area contributed by atoms with Crippen LogP contribution >= 0.6 is 11.6 Å². The predicted octanol–water partition coefficient (Wildman–Crippen LogP) is 4.21. The van der Waals surface area contributed by atoms with Gasteiger partial charge in [0.05, 0.1) is 10.8 Å². The summed E-state index contributed by atoms with van der Waals surface area (Å²) < 4.78 is 42.0. The quantitative estimate of drug-likeness (QED) is 0.289. The summed E-state index contributed by atoms with van der Waals surface area (Å²) in [4.78, 5) is 43.3. The minimum Gasteiger partial charge on any atom is -0.442 e. The van der Waals surface area contributed by atoms with E-state index in [-0.39, 0.29) is 56.8 Å². The molecule has 2 N–H and O–H groups in total. The Morgan fingerprint density at radius 2 is 1.35 bits per heavy atom. The number of rotatable bonds is 3. The molecule has 0 spiro atoms. The summed E-state index contributed by atoms with van der Waals surface area (Å²) in [5.41, 5.74) is 7.21. The van der Waals surface area contributed by atoms with Gasteiger partial charge in [-0.2, -0.15) is 0 Å². The van der Waals surface area contributed by atoms with Crippen molar-refractivity contribution in [3.8, 4) is 0 Å². The van der Waals surface area contributed by atoms with Crippen LogP contribution in [0.5, 0.6) is 0 Å². The van der Waals surface area contributed by atoms with Crippen molar-refractivity contribution in [1.29, 1.82) is 0 Å². The van der Waals surface area contributed by atoms with Crippen LogP contribution in [0.4, 0.5) is 14.6 Å². The van der Waals surface area contributed by atoms with Gasteiger partial charge in [0.15, 0.2) is 57.6 Å². The van der Waals surface area contributed by atoms with E-state index in [1.165, 1.54) is 29.5 Å². The molecule has 43 heavy (non-hydrogen) atoms. The molecule has 9 rings (SSSR count). The number of fused-ring (bicyclic) bond motifs is 6. The van der Waals surface area contributed by atoms with Crippen LogP contribution in [0.2, 0.25) is 5.15 Å². The first-order valence-electron chi connectivity index (χ1n) is 13.9. The molecule has 1 saturated heterocycles. The SMILES string of the molecule is NC1CCN(c2nc3c(cc2F)c2ocnc2c(=O)n3C2CC2)C1.O=c1c2ncoc2c2cc(F)c(Cl)nc2n1C1CC1. The lowest BCUT2D eigenvalue weighted by Crippen LogP contribution is -2.28. The van der Waals surface area contributed by atoms with Gasteiger partial charge in [-0.3, -0.25) is 18.7 Å². The van der Waals surface area contributed by atoms with Crippen LogP contribution in [0.15, 0.2) is 43.3 Å². The van der Waals surface area contributed by atoms with E-state index >= 15 is 0 Å². The number of aromatic nitrogens is 6. The van der Waals surface area contributed by atoms with E-state index in [0.717, 1.165) is 32.1 Å². The summed E-state index contributed by atoms with van der Waals surface area (Å²) in [7, 11) is 0. The molecule has 1 aliphatic heterocycles. The smallest absolute Gasteiger partial charge is 0.282 e. The van der Waals surface area contributed by atoms with Gasteiger partial charge in [-0.1, -0.05) is 11.6 Å². The summed E-state index contributed by atoms with van der Waals surface area (Å²) in [6.45, 7) is 1.22. The molecule has 3 fully saturated rings. The second-order valence-electron chi connectivity index (χ2n) is 11.2. The van der Waals surface area contributed by atoms with Gasteiger partial charge in [0.1, 0.15) is 11.3 Å². The highest BCUT2D eigenvalue weighted by molar-refractivity contribution is 6.30. The van der Waals surface area contributed by atoms with E-state index in [1.807, 2.05) is 4.90 Å². The Kier molecular flexibility index (Phi) is 5.82. The van der Waals surface area contributed by atoms with Crippen molar-refractivity contribution >= 4 is 61.7 Å². The monoisotopic (exact) mass is 608 g/mol. The fraction of sp³-hybridized carbons (Fsp3) is 0.357. The molecule has 0 amide bonds. The molecule has 6 aromatic heterocycles. The van der Waals surface area contributed by atoms with E-state index in [0.29, 0.717) is 40.7 Å². The van der Waals surface area contributed by atoms with Gasteiger partial charge in [-0.25, -0.2) is 28.7 Å². The Morgan fingerprint density at radius 3 is 1.86 bits per heavy atom. The summed E-state index contributed by atoms with van der Waals surface area (Å²) in [6.07, 6.45) is 6.83. The van der Waals surface area contributed by atoms with Gasteiger partial charge in [0, 0.05) is 31.2 Å². The van der Waals surface area contributed by atoms with Crippen molar-refractivity contribution in [3.05, 3.63) is 62.4 Å². The van der Waals surface area contributed by atoms with E-state index < -0.39 is 11.6 Å². The van der Waals surface area contributed by atoms with Crippen LogP contribution in [0, 0.1) is 11.6 Å². The van der Waals surface area contributed by atoms with Gasteiger partial charge >= 0.3 is 0 Å². The molecule has 12 nitrogen and oxygen atoms in total. The average molecular weight is 609 g/mol. The topological polar surface area (TPSA) is 151 Å². The third-order valence-corrected chi connectivity index (χ3v) is 8.39. The minimum atomic E-state index is -0.645. The summed E-state index contributed by atoms with van der Waals surface area (Å²) in [5.74, 6) is -0.828. The van der Waals surface area contributed by atoms with Crippen LogP contribution in [-0.4, -0.2) is 48.2 Å². The van der Waals surface area contributed by atoms with E-state index in [9.17, 15) is 18.4 Å². The van der Waals surface area contributed by atoms with Gasteiger partial charge in [0.2, 0.25) is 0 Å². The summed E-state index contributed by atoms with van der Waals surface area (Å²) >= 11 is 5.71. The Balaban J connectivity index is 0.000000133. The lowest BCUT2D eigenvalue weighted by molar-refractivity contribution is 0.600. The number of hydrogen-bond acceptors (Lipinski definition) is 10. The number of anilines is 1. The van der Waals surface area contributed by atoms with Gasteiger partial charge in [-0.05, 0) is 44.2 Å². The normalized spacial score (nSPS) is 18.7. The number of nitrogens with two attached hydrogens (primary N) is 1. The molecular weight excluding hydrogens is 586 g/mol. The maximum absolute atomic E-state index is 14.7. The third-order valence-electron chi connectivity index (χ3n) is 8.12. The Morgan fingerprint density at radius 1 is 0.814 bits per heavy atom. The Labute approximate surface area is 244 Å². The zero-order valence-electron chi connectivity index (χ0n) is 22.5. The molecule has 0 bridgehead atoms. The van der Waals surface area contributed by atoms with Crippen LogP contribution in [0.25, 0.3) is 44.3 Å². The summed E-state index contributed by atoms with van der Waals surface area (Å²) in [5, 5.41) is 0.653. The van der Waals surface area contributed by atoms with E-state index in [4.69, 9.17) is 26.2 Å². The van der Waals surface area contributed by atoms with E-state index in [1.54, 1.807) is 4.57 Å². The zero-order chi connectivity index (χ0) is 29.6. The van der Waals surface area contributed by atoms with Crippen molar-refractivity contribution in [2.75, 3.05) is 18.0 Å². The lowest BCUT2D eigenvalue weighted by Gasteiger charge is -2.19.